The molecular weight excluding hydrogens is 370 g/mol. The Bertz CT molecular complexity index is 803. The van der Waals surface area contributed by atoms with E-state index in [1.54, 1.807) is 30.3 Å². The highest BCUT2D eigenvalue weighted by Crippen LogP contribution is 2.48. The fraction of sp³-hybridized carbons (Fsp3) is 0.300. The largest absolute Gasteiger partial charge is 0.490 e. The quantitative estimate of drug-likeness (QED) is 0.456. The normalized spacial score (nSPS) is 20.6. The lowest BCUT2D eigenvalue weighted by Gasteiger charge is -2.31. The van der Waals surface area contributed by atoms with Gasteiger partial charge in [0.05, 0.1) is 0 Å². The number of halogens is 6. The van der Waals surface area contributed by atoms with E-state index in [4.69, 9.17) is 4.74 Å². The molecule has 0 heterocycles. The fourth-order valence-electron chi connectivity index (χ4n) is 2.33. The van der Waals surface area contributed by atoms with Crippen LogP contribution in [0.4, 0.5) is 26.3 Å². The van der Waals surface area contributed by atoms with E-state index < -0.39 is 29.8 Å². The molecule has 1 unspecified atom stereocenters. The molecule has 0 amide bonds. The van der Waals surface area contributed by atoms with Crippen LogP contribution in [0.25, 0.3) is 0 Å². The minimum absolute atomic E-state index is 0.0765. The SMILES string of the molecule is CC(C#CC1(C(F)(F)F)C=CC=C(C(F)(F)F)C1)=CCOc1ccccc1. The van der Waals surface area contributed by atoms with Gasteiger partial charge in [-0.1, -0.05) is 48.3 Å². The van der Waals surface area contributed by atoms with Crippen molar-refractivity contribution >= 4 is 0 Å². The highest BCUT2D eigenvalue weighted by molar-refractivity contribution is 5.39. The average Bonchev–Trinajstić information content (AvgIpc) is 2.59. The molecule has 0 saturated heterocycles. The first-order valence-corrected chi connectivity index (χ1v) is 7.94. The third-order valence-electron chi connectivity index (χ3n) is 3.88. The third kappa shape index (κ3) is 5.43. The Kier molecular flexibility index (Phi) is 6.09. The Morgan fingerprint density at radius 1 is 1.15 bits per heavy atom. The summed E-state index contributed by atoms with van der Waals surface area (Å²) >= 11 is 0. The van der Waals surface area contributed by atoms with E-state index in [-0.39, 0.29) is 12.2 Å². The van der Waals surface area contributed by atoms with Gasteiger partial charge in [0, 0.05) is 12.0 Å². The second-order valence-electron chi connectivity index (χ2n) is 5.96. The molecule has 0 spiro atoms. The van der Waals surface area contributed by atoms with E-state index in [0.29, 0.717) is 17.9 Å². The van der Waals surface area contributed by atoms with Gasteiger partial charge in [-0.25, -0.2) is 0 Å². The summed E-state index contributed by atoms with van der Waals surface area (Å²) in [5.41, 5.74) is -3.86. The van der Waals surface area contributed by atoms with Gasteiger partial charge in [0.1, 0.15) is 17.8 Å². The second-order valence-corrected chi connectivity index (χ2v) is 5.96. The van der Waals surface area contributed by atoms with Gasteiger partial charge in [0.25, 0.3) is 0 Å². The molecule has 0 bridgehead atoms. The maximum atomic E-state index is 13.5. The first kappa shape index (κ1) is 20.7. The van der Waals surface area contributed by atoms with Crippen molar-refractivity contribution in [2.75, 3.05) is 6.61 Å². The molecule has 1 nitrogen and oxygen atoms in total. The lowest BCUT2D eigenvalue weighted by molar-refractivity contribution is -0.190. The molecule has 0 aromatic heterocycles. The maximum absolute atomic E-state index is 13.5. The van der Waals surface area contributed by atoms with Crippen LogP contribution < -0.4 is 4.74 Å². The molecule has 1 aromatic carbocycles. The summed E-state index contributed by atoms with van der Waals surface area (Å²) in [7, 11) is 0. The summed E-state index contributed by atoms with van der Waals surface area (Å²) in [4.78, 5) is 0. The van der Waals surface area contributed by atoms with Crippen LogP contribution in [-0.4, -0.2) is 19.0 Å². The first-order valence-electron chi connectivity index (χ1n) is 7.94. The predicted molar refractivity (Wildman–Crippen MR) is 89.9 cm³/mol. The molecule has 0 radical (unpaired) electrons. The van der Waals surface area contributed by atoms with Crippen LogP contribution in [-0.2, 0) is 0 Å². The zero-order valence-electron chi connectivity index (χ0n) is 14.3. The van der Waals surface area contributed by atoms with Crippen molar-refractivity contribution in [3.8, 4) is 17.6 Å². The van der Waals surface area contributed by atoms with Gasteiger partial charge in [0.15, 0.2) is 0 Å². The van der Waals surface area contributed by atoms with Crippen LogP contribution in [0.2, 0.25) is 0 Å². The predicted octanol–water partition coefficient (Wildman–Crippen LogP) is 6.01. The third-order valence-corrected chi connectivity index (χ3v) is 3.88. The summed E-state index contributed by atoms with van der Waals surface area (Å²) in [5.74, 6) is 4.90. The minimum atomic E-state index is -4.94. The zero-order valence-corrected chi connectivity index (χ0v) is 14.3. The van der Waals surface area contributed by atoms with E-state index in [0.717, 1.165) is 6.08 Å². The van der Waals surface area contributed by atoms with Gasteiger partial charge in [0.2, 0.25) is 0 Å². The van der Waals surface area contributed by atoms with Crippen LogP contribution in [0.15, 0.2) is 65.8 Å². The van der Waals surface area contributed by atoms with Crippen molar-refractivity contribution in [1.29, 1.82) is 0 Å². The lowest BCUT2D eigenvalue weighted by Crippen LogP contribution is -2.38. The van der Waals surface area contributed by atoms with Crippen LogP contribution >= 0.6 is 0 Å². The molecule has 0 fully saturated rings. The standard InChI is InChI=1S/C20H16F6O/c1-15(10-13-27-17-7-3-2-4-8-17)9-12-18(20(24,25)26)11-5-6-16(14-18)19(21,22)23/h2-8,10-11H,13-14H2,1H3. The topological polar surface area (TPSA) is 9.23 Å². The summed E-state index contributed by atoms with van der Waals surface area (Å²) in [5, 5.41) is 0. The Morgan fingerprint density at radius 2 is 1.81 bits per heavy atom. The number of hydrogen-bond acceptors (Lipinski definition) is 1. The van der Waals surface area contributed by atoms with Crippen LogP contribution in [0.1, 0.15) is 13.3 Å². The number of benzene rings is 1. The molecule has 1 aliphatic rings. The van der Waals surface area contributed by atoms with Crippen molar-refractivity contribution in [1.82, 2.24) is 0 Å². The monoisotopic (exact) mass is 386 g/mol. The van der Waals surface area contributed by atoms with Crippen molar-refractivity contribution < 1.29 is 31.1 Å². The van der Waals surface area contributed by atoms with Crippen molar-refractivity contribution in [2.24, 2.45) is 5.41 Å². The molecule has 144 valence electrons. The van der Waals surface area contributed by atoms with E-state index >= 15 is 0 Å². The molecule has 2 rings (SSSR count). The number of para-hydroxylation sites is 1. The van der Waals surface area contributed by atoms with E-state index in [9.17, 15) is 26.3 Å². The Morgan fingerprint density at radius 3 is 2.41 bits per heavy atom. The lowest BCUT2D eigenvalue weighted by atomic mass is 9.77. The number of ether oxygens (including phenoxy) is 1. The number of rotatable bonds is 3. The summed E-state index contributed by atoms with van der Waals surface area (Å²) in [6.45, 7) is 1.55. The Hall–Kier alpha value is -2.62. The second kappa shape index (κ2) is 7.95. The minimum Gasteiger partial charge on any atom is -0.490 e. The van der Waals surface area contributed by atoms with Gasteiger partial charge < -0.3 is 4.74 Å². The number of alkyl halides is 6. The van der Waals surface area contributed by atoms with Crippen molar-refractivity contribution in [2.45, 2.75) is 25.7 Å². The highest BCUT2D eigenvalue weighted by atomic mass is 19.4. The van der Waals surface area contributed by atoms with Crippen LogP contribution in [0, 0.1) is 17.3 Å². The summed E-state index contributed by atoms with van der Waals surface area (Å²) < 4.78 is 84.4. The molecule has 7 heteroatoms. The molecule has 1 aromatic rings. The molecule has 27 heavy (non-hydrogen) atoms. The number of hydrogen-bond donors (Lipinski definition) is 0. The van der Waals surface area contributed by atoms with E-state index in [1.807, 2.05) is 5.92 Å². The van der Waals surface area contributed by atoms with Gasteiger partial charge >= 0.3 is 12.4 Å². The van der Waals surface area contributed by atoms with Gasteiger partial charge in [-0.2, -0.15) is 26.3 Å². The van der Waals surface area contributed by atoms with Gasteiger partial charge in [-0.15, -0.1) is 0 Å². The van der Waals surface area contributed by atoms with Crippen LogP contribution in [0.3, 0.4) is 0 Å². The van der Waals surface area contributed by atoms with Crippen LogP contribution in [0.5, 0.6) is 5.75 Å². The summed E-state index contributed by atoms with van der Waals surface area (Å²) in [6.07, 6.45) is -7.51. The molecular formula is C20H16F6O. The average molecular weight is 386 g/mol. The van der Waals surface area contributed by atoms with E-state index in [1.165, 1.54) is 13.0 Å². The maximum Gasteiger partial charge on any atom is 0.412 e. The first-order chi connectivity index (χ1) is 12.5. The molecule has 0 aliphatic heterocycles. The van der Waals surface area contributed by atoms with Gasteiger partial charge in [-0.05, 0) is 30.7 Å². The smallest absolute Gasteiger partial charge is 0.412 e. The van der Waals surface area contributed by atoms with Crippen molar-refractivity contribution in [3.05, 3.63) is 65.8 Å². The summed E-state index contributed by atoms with van der Waals surface area (Å²) in [6, 6.07) is 8.76. The van der Waals surface area contributed by atoms with E-state index in [2.05, 4.69) is 5.92 Å². The molecule has 0 N–H and O–H groups in total. The zero-order chi connectivity index (χ0) is 20.1. The van der Waals surface area contributed by atoms with Gasteiger partial charge in [-0.3, -0.25) is 0 Å². The van der Waals surface area contributed by atoms with Crippen molar-refractivity contribution in [3.63, 3.8) is 0 Å². The Balaban J connectivity index is 2.17. The number of allylic oxidation sites excluding steroid dienone is 5. The molecule has 1 aliphatic carbocycles. The molecule has 0 saturated carbocycles. The fourth-order valence-corrected chi connectivity index (χ4v) is 2.33. The molecule has 1 atom stereocenters. The Labute approximate surface area is 153 Å². The highest BCUT2D eigenvalue weighted by Gasteiger charge is 2.55.